The Labute approximate surface area is 143 Å². The third-order valence-corrected chi connectivity index (χ3v) is 4.40. The van der Waals surface area contributed by atoms with Crippen molar-refractivity contribution in [2.24, 2.45) is 0 Å². The van der Waals surface area contributed by atoms with E-state index in [0.29, 0.717) is 0 Å². The van der Waals surface area contributed by atoms with Gasteiger partial charge in [0.25, 0.3) is 5.91 Å². The standard InChI is InChI=1S/C19H16FNO2S/c20-15-9-4-5-10-16(15)23-13-18(22)21-19(17-11-6-12-24-17)14-7-2-1-3-8-14/h1-12,19H,13H2,(H,21,22). The van der Waals surface area contributed by atoms with Crippen LogP contribution in [0.4, 0.5) is 4.39 Å². The molecule has 122 valence electrons. The molecular weight excluding hydrogens is 325 g/mol. The highest BCUT2D eigenvalue weighted by atomic mass is 32.1. The van der Waals surface area contributed by atoms with Crippen molar-refractivity contribution in [3.63, 3.8) is 0 Å². The molecule has 2 aromatic carbocycles. The average Bonchev–Trinajstić information content (AvgIpc) is 3.14. The van der Waals surface area contributed by atoms with Crippen molar-refractivity contribution in [1.82, 2.24) is 5.32 Å². The molecule has 0 radical (unpaired) electrons. The van der Waals surface area contributed by atoms with E-state index in [2.05, 4.69) is 5.32 Å². The number of ether oxygens (including phenoxy) is 1. The van der Waals surface area contributed by atoms with Crippen LogP contribution in [0, 0.1) is 5.82 Å². The van der Waals surface area contributed by atoms with Crippen molar-refractivity contribution in [3.05, 3.63) is 88.4 Å². The number of hydrogen-bond acceptors (Lipinski definition) is 3. The van der Waals surface area contributed by atoms with Crippen molar-refractivity contribution in [2.45, 2.75) is 6.04 Å². The van der Waals surface area contributed by atoms with Crippen LogP contribution in [0.5, 0.6) is 5.75 Å². The molecule has 24 heavy (non-hydrogen) atoms. The molecule has 1 heterocycles. The molecule has 0 aliphatic carbocycles. The van der Waals surface area contributed by atoms with Crippen molar-refractivity contribution >= 4 is 17.2 Å². The predicted molar refractivity (Wildman–Crippen MR) is 92.6 cm³/mol. The van der Waals surface area contributed by atoms with Gasteiger partial charge < -0.3 is 10.1 Å². The summed E-state index contributed by atoms with van der Waals surface area (Å²) in [4.78, 5) is 13.3. The molecule has 5 heteroatoms. The van der Waals surface area contributed by atoms with E-state index in [1.807, 2.05) is 47.8 Å². The zero-order valence-corrected chi connectivity index (χ0v) is 13.6. The normalized spacial score (nSPS) is 11.7. The van der Waals surface area contributed by atoms with Gasteiger partial charge in [0.1, 0.15) is 0 Å². The topological polar surface area (TPSA) is 38.3 Å². The summed E-state index contributed by atoms with van der Waals surface area (Å²) in [5, 5.41) is 4.91. The minimum Gasteiger partial charge on any atom is -0.481 e. The summed E-state index contributed by atoms with van der Waals surface area (Å²) >= 11 is 1.57. The molecule has 0 fully saturated rings. The zero-order chi connectivity index (χ0) is 16.8. The van der Waals surface area contributed by atoms with Crippen LogP contribution in [0.1, 0.15) is 16.5 Å². The third-order valence-electron chi connectivity index (χ3n) is 3.46. The fourth-order valence-corrected chi connectivity index (χ4v) is 3.13. The molecule has 0 aliphatic heterocycles. The minimum atomic E-state index is -0.483. The van der Waals surface area contributed by atoms with Gasteiger partial charge >= 0.3 is 0 Å². The summed E-state index contributed by atoms with van der Waals surface area (Å²) in [6.07, 6.45) is 0. The van der Waals surface area contributed by atoms with Gasteiger partial charge in [-0.1, -0.05) is 48.5 Å². The molecule has 3 aromatic rings. The predicted octanol–water partition coefficient (Wildman–Crippen LogP) is 4.17. The van der Waals surface area contributed by atoms with Gasteiger partial charge in [0.15, 0.2) is 18.2 Å². The fraction of sp³-hybridized carbons (Fsp3) is 0.105. The fourth-order valence-electron chi connectivity index (χ4n) is 2.33. The second-order valence-corrected chi connectivity index (χ2v) is 6.12. The second-order valence-electron chi connectivity index (χ2n) is 5.15. The molecule has 1 atom stereocenters. The smallest absolute Gasteiger partial charge is 0.258 e. The van der Waals surface area contributed by atoms with Crippen LogP contribution in [0.3, 0.4) is 0 Å². The van der Waals surface area contributed by atoms with E-state index in [1.54, 1.807) is 23.5 Å². The minimum absolute atomic E-state index is 0.0695. The molecular formula is C19H16FNO2S. The summed E-state index contributed by atoms with van der Waals surface area (Å²) in [6.45, 7) is -0.240. The molecule has 3 nitrogen and oxygen atoms in total. The average molecular weight is 341 g/mol. The maximum atomic E-state index is 13.5. The molecule has 1 unspecified atom stereocenters. The largest absolute Gasteiger partial charge is 0.481 e. The zero-order valence-electron chi connectivity index (χ0n) is 12.8. The molecule has 0 aliphatic rings. The first-order valence-electron chi connectivity index (χ1n) is 7.49. The lowest BCUT2D eigenvalue weighted by atomic mass is 10.1. The van der Waals surface area contributed by atoms with Gasteiger partial charge in [-0.25, -0.2) is 4.39 Å². The molecule has 3 rings (SSSR count). The number of para-hydroxylation sites is 1. The van der Waals surface area contributed by atoms with E-state index in [0.717, 1.165) is 10.4 Å². The van der Waals surface area contributed by atoms with E-state index in [9.17, 15) is 9.18 Å². The molecule has 1 N–H and O–H groups in total. The number of benzene rings is 2. The number of carbonyl (C=O) groups is 1. The Bertz CT molecular complexity index is 790. The molecule has 1 amide bonds. The quantitative estimate of drug-likeness (QED) is 0.731. The molecule has 0 bridgehead atoms. The highest BCUT2D eigenvalue weighted by Gasteiger charge is 2.18. The van der Waals surface area contributed by atoms with Crippen molar-refractivity contribution in [2.75, 3.05) is 6.61 Å². The first-order chi connectivity index (χ1) is 11.7. The van der Waals surface area contributed by atoms with Gasteiger partial charge in [-0.3, -0.25) is 4.79 Å². The van der Waals surface area contributed by atoms with E-state index >= 15 is 0 Å². The molecule has 0 saturated carbocycles. The Balaban J connectivity index is 1.69. The third kappa shape index (κ3) is 4.00. The lowest BCUT2D eigenvalue weighted by Crippen LogP contribution is -2.33. The molecule has 0 saturated heterocycles. The van der Waals surface area contributed by atoms with E-state index in [4.69, 9.17) is 4.74 Å². The maximum Gasteiger partial charge on any atom is 0.258 e. The Morgan fingerprint density at radius 1 is 1.04 bits per heavy atom. The number of thiophene rings is 1. The monoisotopic (exact) mass is 341 g/mol. The number of amides is 1. The van der Waals surface area contributed by atoms with Gasteiger partial charge in [-0.15, -0.1) is 11.3 Å². The van der Waals surface area contributed by atoms with Crippen LogP contribution < -0.4 is 10.1 Å². The Kier molecular flexibility index (Phi) is 5.23. The summed E-state index contributed by atoms with van der Waals surface area (Å²) in [7, 11) is 0. The van der Waals surface area contributed by atoms with Crippen LogP contribution in [0.15, 0.2) is 72.1 Å². The Hall–Kier alpha value is -2.66. The van der Waals surface area contributed by atoms with E-state index < -0.39 is 5.82 Å². The highest BCUT2D eigenvalue weighted by molar-refractivity contribution is 7.10. The number of nitrogens with one attached hydrogen (secondary N) is 1. The maximum absolute atomic E-state index is 13.5. The van der Waals surface area contributed by atoms with Crippen LogP contribution in [0.2, 0.25) is 0 Å². The lowest BCUT2D eigenvalue weighted by Gasteiger charge is -2.18. The Morgan fingerprint density at radius 2 is 1.79 bits per heavy atom. The van der Waals surface area contributed by atoms with Gasteiger partial charge in [-0.2, -0.15) is 0 Å². The van der Waals surface area contributed by atoms with Crippen LogP contribution in [-0.2, 0) is 4.79 Å². The van der Waals surface area contributed by atoms with E-state index in [-0.39, 0.29) is 24.3 Å². The summed E-state index contributed by atoms with van der Waals surface area (Å²) < 4.78 is 18.8. The number of halogens is 1. The first kappa shape index (κ1) is 16.2. The number of rotatable bonds is 6. The SMILES string of the molecule is O=C(COc1ccccc1F)NC(c1ccccc1)c1cccs1. The summed E-state index contributed by atoms with van der Waals surface area (Å²) in [6, 6.07) is 19.4. The molecule has 0 spiro atoms. The summed E-state index contributed by atoms with van der Waals surface area (Å²) in [5.41, 5.74) is 0.985. The van der Waals surface area contributed by atoms with Gasteiger partial charge in [0.05, 0.1) is 6.04 Å². The van der Waals surface area contributed by atoms with Gasteiger partial charge in [0.2, 0.25) is 0 Å². The first-order valence-corrected chi connectivity index (χ1v) is 8.37. The van der Waals surface area contributed by atoms with Crippen LogP contribution >= 0.6 is 11.3 Å². The number of hydrogen-bond donors (Lipinski definition) is 1. The Morgan fingerprint density at radius 3 is 2.50 bits per heavy atom. The second kappa shape index (κ2) is 7.75. The van der Waals surface area contributed by atoms with Crippen molar-refractivity contribution in [3.8, 4) is 5.75 Å². The van der Waals surface area contributed by atoms with Gasteiger partial charge in [-0.05, 0) is 29.1 Å². The van der Waals surface area contributed by atoms with Crippen molar-refractivity contribution in [1.29, 1.82) is 0 Å². The van der Waals surface area contributed by atoms with Gasteiger partial charge in [0, 0.05) is 4.88 Å². The lowest BCUT2D eigenvalue weighted by molar-refractivity contribution is -0.123. The van der Waals surface area contributed by atoms with Crippen LogP contribution in [0.25, 0.3) is 0 Å². The van der Waals surface area contributed by atoms with Crippen LogP contribution in [-0.4, -0.2) is 12.5 Å². The molecule has 1 aromatic heterocycles. The van der Waals surface area contributed by atoms with Crippen molar-refractivity contribution < 1.29 is 13.9 Å². The summed E-state index contributed by atoms with van der Waals surface area (Å²) in [5.74, 6) is -0.719. The number of carbonyl (C=O) groups excluding carboxylic acids is 1. The highest BCUT2D eigenvalue weighted by Crippen LogP contribution is 2.26. The van der Waals surface area contributed by atoms with E-state index in [1.165, 1.54) is 12.1 Å².